The highest BCUT2D eigenvalue weighted by Crippen LogP contribution is 2.28. The Kier molecular flexibility index (Phi) is 4.76. The Morgan fingerprint density at radius 1 is 1.35 bits per heavy atom. The summed E-state index contributed by atoms with van der Waals surface area (Å²) in [7, 11) is 0. The molecule has 0 atom stereocenters. The summed E-state index contributed by atoms with van der Waals surface area (Å²) >= 11 is 6.13. The Hall–Kier alpha value is -1.85. The molecule has 6 heteroatoms. The lowest BCUT2D eigenvalue weighted by molar-refractivity contribution is 0.292. The number of nitrogen functional groups attached to an aromatic ring is 1. The summed E-state index contributed by atoms with van der Waals surface area (Å²) in [4.78, 5) is 8.38. The number of aromatic nitrogens is 2. The van der Waals surface area contributed by atoms with Crippen molar-refractivity contribution in [3.05, 3.63) is 34.9 Å². The number of nitrogens with zero attached hydrogens (tertiary/aromatic N) is 2. The highest BCUT2D eigenvalue weighted by atomic mass is 35.5. The maximum atomic E-state index is 8.79. The van der Waals surface area contributed by atoms with Gasteiger partial charge in [-0.25, -0.2) is 4.98 Å². The summed E-state index contributed by atoms with van der Waals surface area (Å²) in [5.74, 6) is 0.841. The van der Waals surface area contributed by atoms with E-state index in [1.165, 1.54) is 0 Å². The molecule has 1 aromatic heterocycles. The van der Waals surface area contributed by atoms with Crippen LogP contribution in [0.3, 0.4) is 0 Å². The second-order valence-corrected chi connectivity index (χ2v) is 4.82. The minimum atomic E-state index is 0.133. The van der Waals surface area contributed by atoms with E-state index in [1.807, 2.05) is 31.2 Å². The molecule has 1 heterocycles. The van der Waals surface area contributed by atoms with Gasteiger partial charge in [0.2, 0.25) is 5.95 Å². The van der Waals surface area contributed by atoms with Crippen LogP contribution >= 0.6 is 11.6 Å². The minimum absolute atomic E-state index is 0.133. The van der Waals surface area contributed by atoms with Crippen molar-refractivity contribution in [1.82, 2.24) is 9.97 Å². The Bertz CT molecular complexity index is 604. The molecule has 0 unspecified atom stereocenters. The number of anilines is 2. The zero-order chi connectivity index (χ0) is 14.5. The van der Waals surface area contributed by atoms with Crippen LogP contribution in [-0.4, -0.2) is 28.2 Å². The molecule has 0 fully saturated rings. The van der Waals surface area contributed by atoms with Gasteiger partial charge in [-0.3, -0.25) is 0 Å². The van der Waals surface area contributed by atoms with E-state index >= 15 is 0 Å². The van der Waals surface area contributed by atoms with Crippen molar-refractivity contribution in [2.24, 2.45) is 0 Å². The molecule has 0 amide bonds. The Morgan fingerprint density at radius 2 is 2.15 bits per heavy atom. The number of hydrogen-bond acceptors (Lipinski definition) is 5. The van der Waals surface area contributed by atoms with Crippen LogP contribution in [0.5, 0.6) is 0 Å². The van der Waals surface area contributed by atoms with Crippen LogP contribution in [0.1, 0.15) is 12.0 Å². The van der Waals surface area contributed by atoms with Gasteiger partial charge in [0.05, 0.1) is 5.69 Å². The Morgan fingerprint density at radius 3 is 2.90 bits per heavy atom. The van der Waals surface area contributed by atoms with Crippen LogP contribution in [0.25, 0.3) is 11.3 Å². The smallest absolute Gasteiger partial charge is 0.222 e. The predicted octanol–water partition coefficient (Wildman–Crippen LogP) is 2.48. The summed E-state index contributed by atoms with van der Waals surface area (Å²) in [6.45, 7) is 2.70. The highest BCUT2D eigenvalue weighted by Gasteiger charge is 2.09. The lowest BCUT2D eigenvalue weighted by Crippen LogP contribution is -2.07. The average molecular weight is 293 g/mol. The zero-order valence-corrected chi connectivity index (χ0v) is 12.0. The van der Waals surface area contributed by atoms with Crippen molar-refractivity contribution in [2.75, 3.05) is 24.2 Å². The van der Waals surface area contributed by atoms with Gasteiger partial charge in [0.25, 0.3) is 0 Å². The number of benzene rings is 1. The SMILES string of the molecule is Cc1c(Cl)cccc1-c1cc(NCCCO)nc(N)n1. The second-order valence-electron chi connectivity index (χ2n) is 4.41. The first-order valence-electron chi connectivity index (χ1n) is 6.36. The minimum Gasteiger partial charge on any atom is -0.396 e. The van der Waals surface area contributed by atoms with Crippen LogP contribution < -0.4 is 11.1 Å². The Labute approximate surface area is 122 Å². The second kappa shape index (κ2) is 6.54. The first kappa shape index (κ1) is 14.6. The third-order valence-corrected chi connectivity index (χ3v) is 3.34. The van der Waals surface area contributed by atoms with Crippen LogP contribution in [0.15, 0.2) is 24.3 Å². The van der Waals surface area contributed by atoms with Gasteiger partial charge in [-0.05, 0) is 25.0 Å². The number of rotatable bonds is 5. The molecule has 0 aliphatic carbocycles. The fraction of sp³-hybridized carbons (Fsp3) is 0.286. The van der Waals surface area contributed by atoms with Crippen molar-refractivity contribution in [1.29, 1.82) is 0 Å². The monoisotopic (exact) mass is 292 g/mol. The standard InChI is InChI=1S/C14H17ClN4O/c1-9-10(4-2-5-11(9)15)12-8-13(17-6-3-7-20)19-14(16)18-12/h2,4-5,8,20H,3,6-7H2,1H3,(H3,16,17,18,19). The largest absolute Gasteiger partial charge is 0.396 e. The van der Waals surface area contributed by atoms with Crippen LogP contribution in [0.4, 0.5) is 11.8 Å². The van der Waals surface area contributed by atoms with E-state index in [1.54, 1.807) is 0 Å². The van der Waals surface area contributed by atoms with Crippen molar-refractivity contribution >= 4 is 23.4 Å². The van der Waals surface area contributed by atoms with Crippen LogP contribution in [0, 0.1) is 6.92 Å². The molecule has 0 saturated heterocycles. The summed E-state index contributed by atoms with van der Waals surface area (Å²) in [6.07, 6.45) is 0.648. The number of halogens is 1. The van der Waals surface area contributed by atoms with E-state index in [-0.39, 0.29) is 12.6 Å². The van der Waals surface area contributed by atoms with E-state index in [2.05, 4.69) is 15.3 Å². The third-order valence-electron chi connectivity index (χ3n) is 2.93. The fourth-order valence-electron chi connectivity index (χ4n) is 1.87. The van der Waals surface area contributed by atoms with Gasteiger partial charge >= 0.3 is 0 Å². The van der Waals surface area contributed by atoms with Crippen molar-refractivity contribution in [3.8, 4) is 11.3 Å². The van der Waals surface area contributed by atoms with E-state index in [0.717, 1.165) is 16.8 Å². The molecule has 2 rings (SSSR count). The molecule has 1 aromatic carbocycles. The summed E-state index contributed by atoms with van der Waals surface area (Å²) in [6, 6.07) is 7.49. The molecule has 0 spiro atoms. The van der Waals surface area contributed by atoms with E-state index in [9.17, 15) is 0 Å². The zero-order valence-electron chi connectivity index (χ0n) is 11.2. The molecular formula is C14H17ClN4O. The average Bonchev–Trinajstić information content (AvgIpc) is 2.41. The molecule has 0 aliphatic heterocycles. The highest BCUT2D eigenvalue weighted by molar-refractivity contribution is 6.31. The first-order chi connectivity index (χ1) is 9.61. The number of hydrogen-bond donors (Lipinski definition) is 3. The Balaban J connectivity index is 2.34. The molecule has 106 valence electrons. The van der Waals surface area contributed by atoms with Crippen molar-refractivity contribution < 1.29 is 5.11 Å². The van der Waals surface area contributed by atoms with E-state index in [4.69, 9.17) is 22.4 Å². The van der Waals surface area contributed by atoms with Gasteiger partial charge in [0.15, 0.2) is 0 Å². The summed E-state index contributed by atoms with van der Waals surface area (Å²) in [5, 5.41) is 12.6. The maximum Gasteiger partial charge on any atom is 0.222 e. The predicted molar refractivity (Wildman–Crippen MR) is 81.8 cm³/mol. The van der Waals surface area contributed by atoms with Crippen LogP contribution in [-0.2, 0) is 0 Å². The van der Waals surface area contributed by atoms with Gasteiger partial charge in [-0.1, -0.05) is 23.7 Å². The van der Waals surface area contributed by atoms with Gasteiger partial charge in [-0.15, -0.1) is 0 Å². The number of aliphatic hydroxyl groups is 1. The number of nitrogens with two attached hydrogens (primary N) is 1. The number of nitrogens with one attached hydrogen (secondary N) is 1. The normalized spacial score (nSPS) is 10.6. The quantitative estimate of drug-likeness (QED) is 0.737. The summed E-state index contributed by atoms with van der Waals surface area (Å²) < 4.78 is 0. The van der Waals surface area contributed by atoms with E-state index in [0.29, 0.717) is 23.8 Å². The summed E-state index contributed by atoms with van der Waals surface area (Å²) in [5.41, 5.74) is 8.35. The molecule has 0 saturated carbocycles. The topological polar surface area (TPSA) is 84.1 Å². The molecule has 20 heavy (non-hydrogen) atoms. The van der Waals surface area contributed by atoms with Gasteiger partial charge in [0, 0.05) is 29.8 Å². The third kappa shape index (κ3) is 3.37. The van der Waals surface area contributed by atoms with Crippen molar-refractivity contribution in [3.63, 3.8) is 0 Å². The van der Waals surface area contributed by atoms with E-state index < -0.39 is 0 Å². The van der Waals surface area contributed by atoms with Gasteiger partial charge in [0.1, 0.15) is 5.82 Å². The van der Waals surface area contributed by atoms with Crippen LogP contribution in [0.2, 0.25) is 5.02 Å². The molecular weight excluding hydrogens is 276 g/mol. The van der Waals surface area contributed by atoms with Gasteiger partial charge in [-0.2, -0.15) is 4.98 Å². The molecule has 0 bridgehead atoms. The lowest BCUT2D eigenvalue weighted by Gasteiger charge is -2.10. The maximum absolute atomic E-state index is 8.79. The number of aliphatic hydroxyl groups excluding tert-OH is 1. The van der Waals surface area contributed by atoms with Crippen molar-refractivity contribution in [2.45, 2.75) is 13.3 Å². The fourth-order valence-corrected chi connectivity index (χ4v) is 2.05. The molecule has 0 radical (unpaired) electrons. The lowest BCUT2D eigenvalue weighted by atomic mass is 10.1. The van der Waals surface area contributed by atoms with Gasteiger partial charge < -0.3 is 16.2 Å². The molecule has 4 N–H and O–H groups in total. The molecule has 5 nitrogen and oxygen atoms in total. The molecule has 2 aromatic rings. The first-order valence-corrected chi connectivity index (χ1v) is 6.74. The molecule has 0 aliphatic rings.